The van der Waals surface area contributed by atoms with E-state index in [9.17, 15) is 9.90 Å². The summed E-state index contributed by atoms with van der Waals surface area (Å²) in [6, 6.07) is 9.49. The third-order valence-corrected chi connectivity index (χ3v) is 3.89. The normalized spacial score (nSPS) is 12.9. The lowest BCUT2D eigenvalue weighted by Crippen LogP contribution is -2.48. The molecule has 1 N–H and O–H groups in total. The average molecular weight is 349 g/mol. The van der Waals surface area contributed by atoms with Crippen molar-refractivity contribution in [1.29, 1.82) is 0 Å². The van der Waals surface area contributed by atoms with Gasteiger partial charge in [0, 0.05) is 28.8 Å². The van der Waals surface area contributed by atoms with Gasteiger partial charge in [-0.2, -0.15) is 4.57 Å². The molecule has 2 aromatic rings. The average Bonchev–Trinajstić information content (AvgIpc) is 2.56. The minimum absolute atomic E-state index is 0.111. The smallest absolute Gasteiger partial charge is 0.237 e. The first-order chi connectivity index (χ1) is 11.1. The topological polar surface area (TPSA) is 53.5 Å². The van der Waals surface area contributed by atoms with E-state index < -0.39 is 6.04 Å². The molecule has 4 nitrogen and oxygen atoms in total. The van der Waals surface area contributed by atoms with Crippen molar-refractivity contribution in [3.63, 3.8) is 0 Å². The zero-order chi connectivity index (χ0) is 16.8. The highest BCUT2D eigenvalue weighted by Crippen LogP contribution is 2.15. The molecule has 1 unspecified atom stereocenters. The van der Waals surface area contributed by atoms with Crippen LogP contribution in [-0.4, -0.2) is 22.5 Å². The molecule has 0 aliphatic rings. The van der Waals surface area contributed by atoms with Crippen molar-refractivity contribution >= 4 is 35.1 Å². The van der Waals surface area contributed by atoms with Gasteiger partial charge < -0.3 is 22.7 Å². The lowest BCUT2D eigenvalue weighted by molar-refractivity contribution is -0.692. The van der Waals surface area contributed by atoms with E-state index in [1.165, 1.54) is 0 Å². The van der Waals surface area contributed by atoms with E-state index in [4.69, 9.17) is 24.2 Å². The first kappa shape index (κ1) is 17.5. The van der Waals surface area contributed by atoms with Gasteiger partial charge in [-0.25, -0.2) is 0 Å². The Morgan fingerprint density at radius 2 is 2.04 bits per heavy atom. The van der Waals surface area contributed by atoms with Crippen molar-refractivity contribution in [2.75, 3.05) is 6.54 Å². The third-order valence-electron chi connectivity index (χ3n) is 3.29. The molecule has 0 spiro atoms. The van der Waals surface area contributed by atoms with E-state index in [2.05, 4.69) is 4.99 Å². The largest absolute Gasteiger partial charge is 0.758 e. The van der Waals surface area contributed by atoms with E-state index in [1.54, 1.807) is 53.4 Å². The van der Waals surface area contributed by atoms with Crippen LogP contribution in [0.25, 0.3) is 0 Å². The van der Waals surface area contributed by atoms with E-state index >= 15 is 0 Å². The van der Waals surface area contributed by atoms with E-state index in [0.717, 1.165) is 0 Å². The van der Waals surface area contributed by atoms with Crippen molar-refractivity contribution in [3.05, 3.63) is 64.9 Å². The Morgan fingerprint density at radius 3 is 2.65 bits per heavy atom. The summed E-state index contributed by atoms with van der Waals surface area (Å²) in [5.74, 6) is -0.163. The molecule has 120 valence electrons. The van der Waals surface area contributed by atoms with Gasteiger partial charge >= 0.3 is 0 Å². The highest BCUT2D eigenvalue weighted by Gasteiger charge is 2.28. The monoisotopic (exact) mass is 348 g/mol. The molecule has 0 saturated carbocycles. The van der Waals surface area contributed by atoms with Crippen LogP contribution in [0.1, 0.15) is 28.9 Å². The first-order valence-corrected chi connectivity index (χ1v) is 7.97. The molecule has 1 atom stereocenters. The van der Waals surface area contributed by atoms with Gasteiger partial charge in [0.2, 0.25) is 11.8 Å². The minimum atomic E-state index is -0.724. The Kier molecular flexibility index (Phi) is 6.21. The maximum absolute atomic E-state index is 12.9. The number of halogens is 1. The van der Waals surface area contributed by atoms with Gasteiger partial charge in [0.15, 0.2) is 12.4 Å². The third kappa shape index (κ3) is 4.34. The summed E-state index contributed by atoms with van der Waals surface area (Å²) in [5, 5.41) is 10.2. The Balaban J connectivity index is 2.47. The molecule has 2 rings (SSSR count). The molecule has 6 heteroatoms. The highest BCUT2D eigenvalue weighted by molar-refractivity contribution is 7.77. The number of carbonyl (C=O) groups excluding carboxylic acids is 1. The van der Waals surface area contributed by atoms with Crippen LogP contribution in [0.15, 0.2) is 53.8 Å². The van der Waals surface area contributed by atoms with Gasteiger partial charge in [0.25, 0.3) is 0 Å². The second kappa shape index (κ2) is 8.15. The van der Waals surface area contributed by atoms with Crippen molar-refractivity contribution in [2.24, 2.45) is 4.99 Å². The summed E-state index contributed by atoms with van der Waals surface area (Å²) in [6.45, 7) is 2.26. The SMILES string of the molecule is CCN=C([S-])C(C(=O)c1ccc(Cl)cc1)[n+]1cccc(CO)c1. The number of nitrogens with zero attached hydrogens (tertiary/aromatic N) is 2. The van der Waals surface area contributed by atoms with E-state index in [1.807, 2.05) is 6.92 Å². The predicted molar refractivity (Wildman–Crippen MR) is 92.7 cm³/mol. The molecule has 0 saturated heterocycles. The summed E-state index contributed by atoms with van der Waals surface area (Å²) in [5.41, 5.74) is 1.20. The Labute approximate surface area is 145 Å². The number of aliphatic hydroxyl groups excluding tert-OH is 1. The van der Waals surface area contributed by atoms with Gasteiger partial charge in [-0.15, -0.1) is 0 Å². The maximum atomic E-state index is 12.9. The highest BCUT2D eigenvalue weighted by atomic mass is 35.5. The second-order valence-electron chi connectivity index (χ2n) is 4.90. The summed E-state index contributed by atoms with van der Waals surface area (Å²) in [7, 11) is 0. The predicted octanol–water partition coefficient (Wildman–Crippen LogP) is 2.51. The number of Topliss-reactive ketones (excluding diaryl/α,β-unsaturated/α-hetero) is 1. The molecular weight excluding hydrogens is 332 g/mol. The first-order valence-electron chi connectivity index (χ1n) is 7.18. The van der Waals surface area contributed by atoms with Gasteiger partial charge in [0.1, 0.15) is 0 Å². The van der Waals surface area contributed by atoms with Crippen LogP contribution in [-0.2, 0) is 19.2 Å². The minimum Gasteiger partial charge on any atom is -0.758 e. The Bertz CT molecular complexity index is 717. The molecule has 0 amide bonds. The van der Waals surface area contributed by atoms with Crippen LogP contribution in [0, 0.1) is 0 Å². The van der Waals surface area contributed by atoms with Crippen LogP contribution in [0.5, 0.6) is 0 Å². The van der Waals surface area contributed by atoms with E-state index in [0.29, 0.717) is 27.7 Å². The summed E-state index contributed by atoms with van der Waals surface area (Å²) >= 11 is 11.2. The van der Waals surface area contributed by atoms with Crippen LogP contribution in [0.3, 0.4) is 0 Å². The molecule has 0 bridgehead atoms. The quantitative estimate of drug-likeness (QED) is 0.287. The lowest BCUT2D eigenvalue weighted by Gasteiger charge is -2.18. The number of ketones is 1. The molecule has 0 aliphatic heterocycles. The van der Waals surface area contributed by atoms with Crippen LogP contribution < -0.4 is 4.57 Å². The van der Waals surface area contributed by atoms with Crippen LogP contribution in [0.4, 0.5) is 0 Å². The summed E-state index contributed by atoms with van der Waals surface area (Å²) in [6.07, 6.45) is 3.45. The molecule has 0 radical (unpaired) electrons. The van der Waals surface area contributed by atoms with Gasteiger partial charge in [0.05, 0.1) is 6.61 Å². The number of pyridine rings is 1. The van der Waals surface area contributed by atoms with Crippen molar-refractivity contribution in [3.8, 4) is 0 Å². The number of aliphatic imine (C=N–C) groups is 1. The van der Waals surface area contributed by atoms with E-state index in [-0.39, 0.29) is 12.4 Å². The molecule has 1 aromatic carbocycles. The van der Waals surface area contributed by atoms with Crippen molar-refractivity contribution < 1.29 is 14.5 Å². The number of benzene rings is 1. The van der Waals surface area contributed by atoms with Gasteiger partial charge in [-0.3, -0.25) is 4.79 Å². The van der Waals surface area contributed by atoms with Crippen molar-refractivity contribution in [2.45, 2.75) is 19.6 Å². The van der Waals surface area contributed by atoms with Gasteiger partial charge in [-0.05, 0) is 42.3 Å². The number of rotatable bonds is 6. The van der Waals surface area contributed by atoms with Crippen LogP contribution >= 0.6 is 11.6 Å². The molecule has 23 heavy (non-hydrogen) atoms. The zero-order valence-electron chi connectivity index (χ0n) is 12.6. The number of hydrogen-bond acceptors (Lipinski definition) is 4. The molecule has 1 aromatic heterocycles. The lowest BCUT2D eigenvalue weighted by atomic mass is 10.0. The fourth-order valence-electron chi connectivity index (χ4n) is 2.19. The number of carbonyl (C=O) groups is 1. The molecule has 1 heterocycles. The number of aromatic nitrogens is 1. The summed E-state index contributed by atoms with van der Waals surface area (Å²) < 4.78 is 1.68. The fraction of sp³-hybridized carbons (Fsp3) is 0.235. The van der Waals surface area contributed by atoms with Crippen LogP contribution in [0.2, 0.25) is 5.02 Å². The maximum Gasteiger partial charge on any atom is 0.237 e. The standard InChI is InChI=1S/C17H17ClN2O2S/c1-2-19-17(23)15(20-9-3-4-12(10-20)11-21)16(22)13-5-7-14(18)8-6-13/h3-10,15,21H,2,11H2,1H3. The number of hydrogen-bond donors (Lipinski definition) is 1. The van der Waals surface area contributed by atoms with Crippen molar-refractivity contribution in [1.82, 2.24) is 0 Å². The summed E-state index contributed by atoms with van der Waals surface area (Å²) in [4.78, 5) is 17.1. The molecule has 0 aliphatic carbocycles. The molecular formula is C17H17ClN2O2S. The molecule has 0 fully saturated rings. The Hall–Kier alpha value is -1.82. The number of aliphatic hydroxyl groups is 1. The van der Waals surface area contributed by atoms with Gasteiger partial charge in [-0.1, -0.05) is 11.6 Å². The Morgan fingerprint density at radius 1 is 1.35 bits per heavy atom. The zero-order valence-corrected chi connectivity index (χ0v) is 14.2. The second-order valence-corrected chi connectivity index (χ2v) is 5.76. The fourth-order valence-corrected chi connectivity index (χ4v) is 2.67.